The molecule has 5 heteroatoms. The summed E-state index contributed by atoms with van der Waals surface area (Å²) in [7, 11) is 0. The molecule has 0 radical (unpaired) electrons. The van der Waals surface area contributed by atoms with Gasteiger partial charge in [-0.15, -0.1) is 0 Å². The van der Waals surface area contributed by atoms with Crippen molar-refractivity contribution >= 4 is 45.1 Å². The number of carbonyl (C=O) groups excluding carboxylic acids is 1. The number of nitrogens with zero attached hydrogens (tertiary/aromatic N) is 1. The van der Waals surface area contributed by atoms with E-state index >= 15 is 0 Å². The molecule has 1 N–H and O–H groups in total. The van der Waals surface area contributed by atoms with Gasteiger partial charge in [-0.1, -0.05) is 42.8 Å². The minimum absolute atomic E-state index is 0.000682. The van der Waals surface area contributed by atoms with Crippen LogP contribution in [-0.2, 0) is 4.79 Å². The van der Waals surface area contributed by atoms with Crippen LogP contribution in [0.15, 0.2) is 59.0 Å². The van der Waals surface area contributed by atoms with Crippen LogP contribution in [0, 0.1) is 0 Å². The van der Waals surface area contributed by atoms with Crippen LogP contribution < -0.4 is 5.32 Å². The summed E-state index contributed by atoms with van der Waals surface area (Å²) >= 11 is 6.30. The van der Waals surface area contributed by atoms with Crippen LogP contribution in [0.4, 0.5) is 5.69 Å². The Morgan fingerprint density at radius 3 is 2.77 bits per heavy atom. The standard InChI is InChI=1S/C21H17ClN2O2/c1-2-5-20(25)23-13-10-11-19-18(12-13)24-21(26-19)16-8-3-7-15-14(16)6-4-9-17(15)22/h3-4,6-12H,2,5H2,1H3,(H,23,25). The molecule has 1 aromatic heterocycles. The summed E-state index contributed by atoms with van der Waals surface area (Å²) < 4.78 is 5.94. The second-order valence-corrected chi connectivity index (χ2v) is 6.55. The predicted octanol–water partition coefficient (Wildman–Crippen LogP) is 6.04. The zero-order valence-electron chi connectivity index (χ0n) is 14.3. The lowest BCUT2D eigenvalue weighted by atomic mass is 10.0. The van der Waals surface area contributed by atoms with Crippen LogP contribution in [-0.4, -0.2) is 10.9 Å². The number of rotatable bonds is 4. The lowest BCUT2D eigenvalue weighted by Crippen LogP contribution is -2.10. The lowest BCUT2D eigenvalue weighted by molar-refractivity contribution is -0.116. The Morgan fingerprint density at radius 1 is 1.12 bits per heavy atom. The largest absolute Gasteiger partial charge is 0.436 e. The van der Waals surface area contributed by atoms with E-state index in [4.69, 9.17) is 16.0 Å². The minimum Gasteiger partial charge on any atom is -0.436 e. The first kappa shape index (κ1) is 16.6. The number of oxazole rings is 1. The Kier molecular flexibility index (Phi) is 4.35. The Hall–Kier alpha value is -2.85. The number of nitrogens with one attached hydrogen (secondary N) is 1. The highest BCUT2D eigenvalue weighted by Crippen LogP contribution is 2.33. The topological polar surface area (TPSA) is 55.1 Å². The molecule has 4 rings (SSSR count). The molecule has 4 nitrogen and oxygen atoms in total. The summed E-state index contributed by atoms with van der Waals surface area (Å²) in [4.78, 5) is 16.4. The number of fused-ring (bicyclic) bond motifs is 2. The molecular formula is C21H17ClN2O2. The molecule has 26 heavy (non-hydrogen) atoms. The first-order chi connectivity index (χ1) is 12.7. The van der Waals surface area contributed by atoms with E-state index in [9.17, 15) is 4.79 Å². The van der Waals surface area contributed by atoms with Gasteiger partial charge in [-0.2, -0.15) is 0 Å². The molecule has 0 aliphatic heterocycles. The average molecular weight is 365 g/mol. The molecule has 0 spiro atoms. The first-order valence-electron chi connectivity index (χ1n) is 8.54. The van der Waals surface area contributed by atoms with Crippen molar-refractivity contribution in [3.63, 3.8) is 0 Å². The highest BCUT2D eigenvalue weighted by molar-refractivity contribution is 6.35. The van der Waals surface area contributed by atoms with Gasteiger partial charge in [-0.05, 0) is 42.1 Å². The number of amides is 1. The average Bonchev–Trinajstić information content (AvgIpc) is 3.05. The second-order valence-electron chi connectivity index (χ2n) is 6.14. The lowest BCUT2D eigenvalue weighted by Gasteiger charge is -2.04. The van der Waals surface area contributed by atoms with Crippen molar-refractivity contribution in [1.29, 1.82) is 0 Å². The molecule has 0 saturated carbocycles. The van der Waals surface area contributed by atoms with Gasteiger partial charge in [-0.3, -0.25) is 4.79 Å². The Balaban J connectivity index is 1.77. The second kappa shape index (κ2) is 6.81. The number of anilines is 1. The van der Waals surface area contributed by atoms with E-state index in [1.54, 1.807) is 0 Å². The van der Waals surface area contributed by atoms with Gasteiger partial charge >= 0.3 is 0 Å². The van der Waals surface area contributed by atoms with Crippen LogP contribution in [0.3, 0.4) is 0 Å². The molecule has 4 aromatic rings. The van der Waals surface area contributed by atoms with Crippen molar-refractivity contribution in [2.45, 2.75) is 19.8 Å². The van der Waals surface area contributed by atoms with Crippen molar-refractivity contribution in [2.24, 2.45) is 0 Å². The van der Waals surface area contributed by atoms with Crippen molar-refractivity contribution in [1.82, 2.24) is 4.98 Å². The zero-order chi connectivity index (χ0) is 18.1. The third kappa shape index (κ3) is 3.04. The van der Waals surface area contributed by atoms with Gasteiger partial charge in [0.15, 0.2) is 5.58 Å². The van der Waals surface area contributed by atoms with E-state index < -0.39 is 0 Å². The Morgan fingerprint density at radius 2 is 1.92 bits per heavy atom. The maximum atomic E-state index is 11.8. The monoisotopic (exact) mass is 364 g/mol. The first-order valence-corrected chi connectivity index (χ1v) is 8.91. The fraction of sp³-hybridized carbons (Fsp3) is 0.143. The van der Waals surface area contributed by atoms with Gasteiger partial charge in [0.25, 0.3) is 0 Å². The van der Waals surface area contributed by atoms with Gasteiger partial charge in [0.2, 0.25) is 11.8 Å². The van der Waals surface area contributed by atoms with E-state index in [2.05, 4.69) is 10.3 Å². The molecule has 3 aromatic carbocycles. The summed E-state index contributed by atoms with van der Waals surface area (Å²) in [6.45, 7) is 1.98. The maximum Gasteiger partial charge on any atom is 0.227 e. The quantitative estimate of drug-likeness (QED) is 0.480. The highest BCUT2D eigenvalue weighted by Gasteiger charge is 2.13. The van der Waals surface area contributed by atoms with Crippen LogP contribution in [0.2, 0.25) is 5.02 Å². The SMILES string of the molecule is CCCC(=O)Nc1ccc2oc(-c3cccc4c(Cl)cccc34)nc2c1. The van der Waals surface area contributed by atoms with E-state index in [0.717, 1.165) is 28.4 Å². The number of benzene rings is 3. The number of hydrogen-bond acceptors (Lipinski definition) is 3. The van der Waals surface area contributed by atoms with Crippen LogP contribution in [0.25, 0.3) is 33.3 Å². The zero-order valence-corrected chi connectivity index (χ0v) is 15.0. The molecule has 0 bridgehead atoms. The highest BCUT2D eigenvalue weighted by atomic mass is 35.5. The van der Waals surface area contributed by atoms with Crippen molar-refractivity contribution < 1.29 is 9.21 Å². The molecule has 0 atom stereocenters. The number of aromatic nitrogens is 1. The predicted molar refractivity (Wildman–Crippen MR) is 105 cm³/mol. The van der Waals surface area contributed by atoms with E-state index in [0.29, 0.717) is 28.4 Å². The molecular weight excluding hydrogens is 348 g/mol. The van der Waals surface area contributed by atoms with E-state index in [-0.39, 0.29) is 5.91 Å². The summed E-state index contributed by atoms with van der Waals surface area (Å²) in [5.74, 6) is 0.532. The van der Waals surface area contributed by atoms with Crippen LogP contribution in [0.1, 0.15) is 19.8 Å². The number of halogens is 1. The molecule has 0 unspecified atom stereocenters. The minimum atomic E-state index is -0.000682. The molecule has 130 valence electrons. The Bertz CT molecular complexity index is 1120. The third-order valence-corrected chi connectivity index (χ3v) is 4.58. The summed E-state index contributed by atoms with van der Waals surface area (Å²) in [5, 5.41) is 5.53. The van der Waals surface area contributed by atoms with Gasteiger partial charge in [0, 0.05) is 28.1 Å². The smallest absolute Gasteiger partial charge is 0.227 e. The molecule has 0 aliphatic carbocycles. The molecule has 0 aliphatic rings. The van der Waals surface area contributed by atoms with Crippen molar-refractivity contribution in [2.75, 3.05) is 5.32 Å². The van der Waals surface area contributed by atoms with Crippen LogP contribution in [0.5, 0.6) is 0 Å². The molecule has 0 fully saturated rings. The summed E-state index contributed by atoms with van der Waals surface area (Å²) in [6.07, 6.45) is 1.31. The Labute approximate surface area is 155 Å². The molecule has 1 heterocycles. The number of carbonyl (C=O) groups is 1. The van der Waals surface area contributed by atoms with Crippen molar-refractivity contribution in [3.05, 3.63) is 59.6 Å². The summed E-state index contributed by atoms with van der Waals surface area (Å²) in [5.41, 5.74) is 2.98. The fourth-order valence-electron chi connectivity index (χ4n) is 3.03. The normalized spacial score (nSPS) is 11.2. The maximum absolute atomic E-state index is 11.8. The fourth-order valence-corrected chi connectivity index (χ4v) is 3.27. The van der Waals surface area contributed by atoms with Gasteiger partial charge < -0.3 is 9.73 Å². The van der Waals surface area contributed by atoms with Gasteiger partial charge in [0.05, 0.1) is 0 Å². The molecule has 0 saturated heterocycles. The number of hydrogen-bond donors (Lipinski definition) is 1. The van der Waals surface area contributed by atoms with E-state index in [1.165, 1.54) is 0 Å². The van der Waals surface area contributed by atoms with Crippen molar-refractivity contribution in [3.8, 4) is 11.5 Å². The van der Waals surface area contributed by atoms with Gasteiger partial charge in [-0.25, -0.2) is 4.98 Å². The van der Waals surface area contributed by atoms with E-state index in [1.807, 2.05) is 61.5 Å². The third-order valence-electron chi connectivity index (χ3n) is 4.25. The van der Waals surface area contributed by atoms with Crippen LogP contribution >= 0.6 is 11.6 Å². The molecule has 1 amide bonds. The van der Waals surface area contributed by atoms with Gasteiger partial charge in [0.1, 0.15) is 5.52 Å². The summed E-state index contributed by atoms with van der Waals surface area (Å²) in [6, 6.07) is 17.1.